The number of rotatable bonds is 8. The molecule has 0 heterocycles. The van der Waals surface area contributed by atoms with Crippen LogP contribution in [0.1, 0.15) is 37.7 Å². The maximum atomic E-state index is 12.4. The van der Waals surface area contributed by atoms with Crippen molar-refractivity contribution in [3.63, 3.8) is 0 Å². The molecule has 2 saturated carbocycles. The molecule has 1 aromatic carbocycles. The third-order valence-electron chi connectivity index (χ3n) is 3.96. The molecular weight excluding hydrogens is 272 g/mol. The Bertz CT molecular complexity index is 563. The first-order chi connectivity index (χ1) is 9.65. The van der Waals surface area contributed by atoms with Crippen molar-refractivity contribution in [2.24, 2.45) is 5.92 Å². The van der Waals surface area contributed by atoms with Crippen LogP contribution in [0.4, 0.5) is 0 Å². The molecule has 2 fully saturated rings. The summed E-state index contributed by atoms with van der Waals surface area (Å²) in [4.78, 5) is 0.420. The summed E-state index contributed by atoms with van der Waals surface area (Å²) in [6, 6.07) is 7.85. The van der Waals surface area contributed by atoms with Crippen molar-refractivity contribution in [2.45, 2.75) is 49.6 Å². The number of benzene rings is 1. The maximum Gasteiger partial charge on any atom is 0.240 e. The molecule has 0 saturated heterocycles. The second-order valence-corrected chi connectivity index (χ2v) is 7.63. The second-order valence-electron chi connectivity index (χ2n) is 5.89. The Balaban J connectivity index is 1.65. The molecule has 2 aliphatic rings. The van der Waals surface area contributed by atoms with Crippen molar-refractivity contribution in [3.8, 4) is 0 Å². The van der Waals surface area contributed by atoms with Crippen LogP contribution >= 0.6 is 0 Å². The Morgan fingerprint density at radius 1 is 1.10 bits per heavy atom. The van der Waals surface area contributed by atoms with Gasteiger partial charge in [-0.05, 0) is 36.8 Å². The van der Waals surface area contributed by atoms with Crippen molar-refractivity contribution >= 4 is 10.0 Å². The molecule has 0 aromatic heterocycles. The van der Waals surface area contributed by atoms with E-state index in [0.717, 1.165) is 17.9 Å². The highest BCUT2D eigenvalue weighted by Gasteiger charge is 2.24. The molecule has 3 rings (SSSR count). The number of hydrogen-bond acceptors (Lipinski definition) is 3. The van der Waals surface area contributed by atoms with Gasteiger partial charge in [0, 0.05) is 19.1 Å². The van der Waals surface area contributed by atoms with Crippen molar-refractivity contribution in [2.75, 3.05) is 6.54 Å². The molecule has 0 radical (unpaired) electrons. The highest BCUT2D eigenvalue weighted by atomic mass is 32.2. The first-order valence-corrected chi connectivity index (χ1v) is 8.94. The Hall–Kier alpha value is -0.910. The molecule has 0 amide bonds. The van der Waals surface area contributed by atoms with Gasteiger partial charge in [-0.15, -0.1) is 0 Å². The lowest BCUT2D eigenvalue weighted by atomic mass is 10.2. The zero-order chi connectivity index (χ0) is 14.0. The van der Waals surface area contributed by atoms with Crippen LogP contribution in [0, 0.1) is 5.92 Å². The van der Waals surface area contributed by atoms with Crippen molar-refractivity contribution in [1.82, 2.24) is 10.0 Å². The standard InChI is InChI=1S/C15H22N2O2S/c18-20(19,17-10-9-12-5-6-12)15-4-2-1-3-13(15)11-16-14-7-8-14/h1-4,12,14,16-17H,5-11H2. The Morgan fingerprint density at radius 2 is 1.85 bits per heavy atom. The van der Waals surface area contributed by atoms with Gasteiger partial charge in [-0.2, -0.15) is 0 Å². The van der Waals surface area contributed by atoms with Gasteiger partial charge >= 0.3 is 0 Å². The van der Waals surface area contributed by atoms with Crippen LogP contribution in [0.15, 0.2) is 29.2 Å². The fraction of sp³-hybridized carbons (Fsp3) is 0.600. The van der Waals surface area contributed by atoms with Gasteiger partial charge in [-0.1, -0.05) is 31.0 Å². The summed E-state index contributed by atoms with van der Waals surface area (Å²) in [5, 5.41) is 3.38. The molecular formula is C15H22N2O2S. The molecule has 110 valence electrons. The van der Waals surface area contributed by atoms with Crippen molar-refractivity contribution < 1.29 is 8.42 Å². The summed E-state index contributed by atoms with van der Waals surface area (Å²) in [5.74, 6) is 0.740. The summed E-state index contributed by atoms with van der Waals surface area (Å²) in [5.41, 5.74) is 0.860. The molecule has 0 unspecified atom stereocenters. The average molecular weight is 294 g/mol. The lowest BCUT2D eigenvalue weighted by Crippen LogP contribution is -2.27. The minimum atomic E-state index is -3.38. The van der Waals surface area contributed by atoms with Crippen LogP contribution in [0.5, 0.6) is 0 Å². The number of nitrogens with one attached hydrogen (secondary N) is 2. The van der Waals surface area contributed by atoms with E-state index in [2.05, 4.69) is 10.0 Å². The molecule has 0 atom stereocenters. The van der Waals surface area contributed by atoms with E-state index in [1.165, 1.54) is 25.7 Å². The van der Waals surface area contributed by atoms with Crippen LogP contribution in [0.2, 0.25) is 0 Å². The van der Waals surface area contributed by atoms with Crippen molar-refractivity contribution in [3.05, 3.63) is 29.8 Å². The van der Waals surface area contributed by atoms with E-state index in [9.17, 15) is 8.42 Å². The predicted octanol–water partition coefficient (Wildman–Crippen LogP) is 2.02. The summed E-state index contributed by atoms with van der Waals surface area (Å²) in [7, 11) is -3.38. The third-order valence-corrected chi connectivity index (χ3v) is 5.52. The molecule has 0 spiro atoms. The fourth-order valence-electron chi connectivity index (χ4n) is 2.34. The predicted molar refractivity (Wildman–Crippen MR) is 78.8 cm³/mol. The van der Waals surface area contributed by atoms with Crippen LogP contribution in [-0.4, -0.2) is 21.0 Å². The molecule has 5 heteroatoms. The third kappa shape index (κ3) is 3.81. The van der Waals surface area contributed by atoms with E-state index in [4.69, 9.17) is 0 Å². The summed E-state index contributed by atoms with van der Waals surface area (Å²) in [6.45, 7) is 1.18. The van der Waals surface area contributed by atoms with E-state index in [-0.39, 0.29) is 0 Å². The Labute approximate surface area is 121 Å². The SMILES string of the molecule is O=S(=O)(NCCC1CC1)c1ccccc1CNC1CC1. The van der Waals surface area contributed by atoms with E-state index >= 15 is 0 Å². The van der Waals surface area contributed by atoms with Gasteiger partial charge in [0.2, 0.25) is 10.0 Å². The minimum Gasteiger partial charge on any atom is -0.310 e. The minimum absolute atomic E-state index is 0.420. The van der Waals surface area contributed by atoms with Gasteiger partial charge in [-0.3, -0.25) is 0 Å². The van der Waals surface area contributed by atoms with E-state index in [1.54, 1.807) is 12.1 Å². The van der Waals surface area contributed by atoms with Gasteiger partial charge in [0.15, 0.2) is 0 Å². The maximum absolute atomic E-state index is 12.4. The van der Waals surface area contributed by atoms with Crippen molar-refractivity contribution in [1.29, 1.82) is 0 Å². The van der Waals surface area contributed by atoms with Gasteiger partial charge in [-0.25, -0.2) is 13.1 Å². The fourth-order valence-corrected chi connectivity index (χ4v) is 3.62. The highest BCUT2D eigenvalue weighted by molar-refractivity contribution is 7.89. The zero-order valence-corrected chi connectivity index (χ0v) is 12.5. The van der Waals surface area contributed by atoms with Gasteiger partial charge in [0.1, 0.15) is 0 Å². The Morgan fingerprint density at radius 3 is 2.55 bits per heavy atom. The zero-order valence-electron chi connectivity index (χ0n) is 11.6. The van der Waals surface area contributed by atoms with Crippen LogP contribution < -0.4 is 10.0 Å². The summed E-state index contributed by atoms with van der Waals surface area (Å²) < 4.78 is 27.5. The molecule has 20 heavy (non-hydrogen) atoms. The van der Waals surface area contributed by atoms with E-state index < -0.39 is 10.0 Å². The van der Waals surface area contributed by atoms with E-state index in [0.29, 0.717) is 24.0 Å². The van der Waals surface area contributed by atoms with Gasteiger partial charge in [0.25, 0.3) is 0 Å². The normalized spacial score (nSPS) is 19.2. The summed E-state index contributed by atoms with van der Waals surface area (Å²) >= 11 is 0. The first-order valence-electron chi connectivity index (χ1n) is 7.46. The van der Waals surface area contributed by atoms with Gasteiger partial charge in [0.05, 0.1) is 4.90 Å². The molecule has 0 bridgehead atoms. The molecule has 0 aliphatic heterocycles. The van der Waals surface area contributed by atoms with E-state index in [1.807, 2.05) is 12.1 Å². The average Bonchev–Trinajstić information content (AvgIpc) is 3.31. The molecule has 2 N–H and O–H groups in total. The quantitative estimate of drug-likeness (QED) is 0.771. The summed E-state index contributed by atoms with van der Waals surface area (Å²) in [6.07, 6.45) is 5.87. The lowest BCUT2D eigenvalue weighted by Gasteiger charge is -2.12. The smallest absolute Gasteiger partial charge is 0.240 e. The van der Waals surface area contributed by atoms with Gasteiger partial charge < -0.3 is 5.32 Å². The molecule has 2 aliphatic carbocycles. The van der Waals surface area contributed by atoms with Crippen LogP contribution in [0.3, 0.4) is 0 Å². The molecule has 1 aromatic rings. The second kappa shape index (κ2) is 5.84. The highest BCUT2D eigenvalue weighted by Crippen LogP contribution is 2.31. The largest absolute Gasteiger partial charge is 0.310 e. The number of hydrogen-bond donors (Lipinski definition) is 2. The topological polar surface area (TPSA) is 58.2 Å². The van der Waals surface area contributed by atoms with Crippen LogP contribution in [0.25, 0.3) is 0 Å². The number of sulfonamides is 1. The first kappa shape index (κ1) is 14.0. The van der Waals surface area contributed by atoms with Crippen LogP contribution in [-0.2, 0) is 16.6 Å². The Kier molecular flexibility index (Phi) is 4.10. The lowest BCUT2D eigenvalue weighted by molar-refractivity contribution is 0.572. The molecule has 4 nitrogen and oxygen atoms in total. The monoisotopic (exact) mass is 294 g/mol.